The van der Waals surface area contributed by atoms with E-state index in [0.717, 1.165) is 0 Å². The third kappa shape index (κ3) is 29.2. The maximum atomic E-state index is 12.6. The van der Waals surface area contributed by atoms with Crippen LogP contribution in [0.5, 0.6) is 0 Å². The van der Waals surface area contributed by atoms with Crippen LogP contribution in [0.4, 0.5) is 0 Å². The standard InChI is InChI=1S/C53H100N4O27/c1-5-37-45(65)48(68)49(69)52(82-37)81-29-26-75-23-20-72-17-11-57-42(62)8-14-78-34-53(54-4,32-76-12-6-40(60)55-9-15-70-18-21-73-24-27-79-50-35(2)43(63)46(66)38(30-58)83-50)33-77-13-7-41(61)56-10-16-71-19-22-74-25-28-80-51-36(3)44(64)47(67)39(31-59)84-51/h35-39,43-52,54,58-59,63-69H,5-34H2,1-4H3,(H,55,60)(H,56,61)(H,57,62). The van der Waals surface area contributed by atoms with Crippen LogP contribution in [-0.4, -0.2) is 328 Å². The molecule has 13 N–H and O–H groups in total. The van der Waals surface area contributed by atoms with Crippen molar-refractivity contribution < 1.29 is 131 Å². The second kappa shape index (κ2) is 44.8. The number of rotatable bonds is 49. The van der Waals surface area contributed by atoms with Gasteiger partial charge in [-0.25, -0.2) is 0 Å². The first kappa shape index (κ1) is 75.7. The molecule has 3 fully saturated rings. The SMILES string of the molecule is CCC1OC(OCCOCCOCCNC(=O)CCOCC(COCCC(=O)NCCOCCOCCOC2OC(CO)C(O)C(O)C2C)(COCCC(=O)NCCOCCOCCOC2OC(CO)C(O)C(O)C2C)NC)C(O)C(O)C1O. The molecule has 3 heterocycles. The highest BCUT2D eigenvalue weighted by atomic mass is 16.7. The summed E-state index contributed by atoms with van der Waals surface area (Å²) in [6.07, 6.45) is -13.3. The molecule has 0 saturated carbocycles. The number of nitrogens with one attached hydrogen (secondary N) is 4. The summed E-state index contributed by atoms with van der Waals surface area (Å²) in [4.78, 5) is 37.8. The average molecular weight is 1230 g/mol. The van der Waals surface area contributed by atoms with Gasteiger partial charge in [0.2, 0.25) is 17.7 Å². The van der Waals surface area contributed by atoms with Gasteiger partial charge in [0.1, 0.15) is 42.7 Å². The smallest absolute Gasteiger partial charge is 0.222 e. The number of carbonyl (C=O) groups excluding carboxylic acids is 3. The molecular weight excluding hydrogens is 1120 g/mol. The van der Waals surface area contributed by atoms with E-state index in [0.29, 0.717) is 6.42 Å². The number of aliphatic hydroxyl groups excluding tert-OH is 9. The quantitative estimate of drug-likeness (QED) is 0.0252. The van der Waals surface area contributed by atoms with Gasteiger partial charge in [0.25, 0.3) is 0 Å². The van der Waals surface area contributed by atoms with Crippen LogP contribution in [0.25, 0.3) is 0 Å². The van der Waals surface area contributed by atoms with Crippen molar-refractivity contribution in [2.24, 2.45) is 11.8 Å². The summed E-state index contributed by atoms with van der Waals surface area (Å²) >= 11 is 0. The summed E-state index contributed by atoms with van der Waals surface area (Å²) in [6.45, 7) is 8.48. The Kier molecular flexibility index (Phi) is 40.3. The zero-order valence-corrected chi connectivity index (χ0v) is 49.2. The predicted octanol–water partition coefficient (Wildman–Crippen LogP) is -5.97. The molecule has 3 saturated heterocycles. The van der Waals surface area contributed by atoms with Gasteiger partial charge in [-0.05, 0) is 13.5 Å². The molecular formula is C53H100N4O27. The molecule has 0 radical (unpaired) electrons. The Morgan fingerprint density at radius 2 is 0.702 bits per heavy atom. The van der Waals surface area contributed by atoms with Gasteiger partial charge in [0.05, 0.1) is 176 Å². The fourth-order valence-corrected chi connectivity index (χ4v) is 8.54. The molecule has 0 aromatic carbocycles. The minimum atomic E-state index is -1.40. The van der Waals surface area contributed by atoms with E-state index >= 15 is 0 Å². The normalized spacial score (nSPS) is 28.9. The van der Waals surface area contributed by atoms with Crippen molar-refractivity contribution in [2.75, 3.05) is 179 Å². The van der Waals surface area contributed by atoms with Gasteiger partial charge in [-0.1, -0.05) is 20.8 Å². The summed E-state index contributed by atoms with van der Waals surface area (Å²) < 4.78 is 84.2. The molecule has 0 aromatic rings. The van der Waals surface area contributed by atoms with Crippen molar-refractivity contribution in [3.05, 3.63) is 0 Å². The van der Waals surface area contributed by atoms with Crippen LogP contribution in [-0.2, 0) is 85.4 Å². The van der Waals surface area contributed by atoms with Crippen LogP contribution in [0.15, 0.2) is 0 Å². The second-order valence-corrected chi connectivity index (χ2v) is 20.3. The minimum absolute atomic E-state index is 0.0427. The Bertz CT molecular complexity index is 1520. The predicted molar refractivity (Wildman–Crippen MR) is 291 cm³/mol. The Morgan fingerprint density at radius 1 is 0.393 bits per heavy atom. The molecule has 3 rings (SSSR count). The lowest BCUT2D eigenvalue weighted by Gasteiger charge is -2.40. The lowest BCUT2D eigenvalue weighted by atomic mass is 9.92. The Balaban J connectivity index is 1.29. The van der Waals surface area contributed by atoms with E-state index < -0.39 is 110 Å². The van der Waals surface area contributed by atoms with Gasteiger partial charge < -0.3 is 138 Å². The van der Waals surface area contributed by atoms with Gasteiger partial charge in [-0.3, -0.25) is 14.4 Å². The maximum absolute atomic E-state index is 12.6. The van der Waals surface area contributed by atoms with Crippen molar-refractivity contribution >= 4 is 17.7 Å². The Labute approximate surface area is 491 Å². The molecule has 3 aliphatic heterocycles. The molecule has 31 heteroatoms. The molecule has 15 atom stereocenters. The number of carbonyl (C=O) groups is 3. The summed E-state index contributed by atoms with van der Waals surface area (Å²) in [6, 6.07) is 0. The largest absolute Gasteiger partial charge is 0.394 e. The third-order valence-electron chi connectivity index (χ3n) is 13.9. The zero-order valence-electron chi connectivity index (χ0n) is 49.2. The van der Waals surface area contributed by atoms with Gasteiger partial charge in [0.15, 0.2) is 18.9 Å². The summed E-state index contributed by atoms with van der Waals surface area (Å²) in [5, 5.41) is 101. The molecule has 0 bridgehead atoms. The lowest BCUT2D eigenvalue weighted by Crippen LogP contribution is -2.58. The van der Waals surface area contributed by atoms with E-state index in [1.54, 1.807) is 27.8 Å². The van der Waals surface area contributed by atoms with Gasteiger partial charge >= 0.3 is 0 Å². The van der Waals surface area contributed by atoms with E-state index in [4.69, 9.17) is 71.1 Å². The molecule has 31 nitrogen and oxygen atoms in total. The van der Waals surface area contributed by atoms with E-state index in [9.17, 15) is 60.3 Å². The molecule has 3 amide bonds. The molecule has 3 aliphatic rings. The van der Waals surface area contributed by atoms with Crippen molar-refractivity contribution in [2.45, 2.75) is 132 Å². The highest BCUT2D eigenvalue weighted by Gasteiger charge is 2.45. The number of hydrogen-bond acceptors (Lipinski definition) is 28. The van der Waals surface area contributed by atoms with Crippen molar-refractivity contribution in [3.63, 3.8) is 0 Å². The van der Waals surface area contributed by atoms with Gasteiger partial charge in [-0.2, -0.15) is 0 Å². The highest BCUT2D eigenvalue weighted by Crippen LogP contribution is 2.28. The summed E-state index contributed by atoms with van der Waals surface area (Å²) in [5.41, 5.74) is -0.932. The van der Waals surface area contributed by atoms with Crippen LogP contribution in [0.1, 0.15) is 46.5 Å². The van der Waals surface area contributed by atoms with E-state index in [1.807, 2.05) is 0 Å². The zero-order chi connectivity index (χ0) is 61.5. The molecule has 0 aromatic heterocycles. The van der Waals surface area contributed by atoms with Crippen LogP contribution >= 0.6 is 0 Å². The minimum Gasteiger partial charge on any atom is -0.394 e. The van der Waals surface area contributed by atoms with Crippen LogP contribution in [0.2, 0.25) is 0 Å². The average Bonchev–Trinajstić information content (AvgIpc) is 3.36. The fraction of sp³-hybridized carbons (Fsp3) is 0.943. The summed E-state index contributed by atoms with van der Waals surface area (Å²) in [5.74, 6) is -1.81. The highest BCUT2D eigenvalue weighted by molar-refractivity contribution is 5.76. The number of likely N-dealkylation sites (N-methyl/N-ethyl adjacent to an activating group) is 1. The van der Waals surface area contributed by atoms with Crippen molar-refractivity contribution in [1.29, 1.82) is 0 Å². The topological polar surface area (TPSA) is 420 Å². The van der Waals surface area contributed by atoms with Gasteiger partial charge in [0, 0.05) is 50.7 Å². The van der Waals surface area contributed by atoms with Crippen LogP contribution in [0.3, 0.4) is 0 Å². The maximum Gasteiger partial charge on any atom is 0.222 e. The Morgan fingerprint density at radius 3 is 1.04 bits per heavy atom. The summed E-state index contributed by atoms with van der Waals surface area (Å²) in [7, 11) is 1.69. The number of amides is 3. The first-order valence-electron chi connectivity index (χ1n) is 29.0. The monoisotopic (exact) mass is 1220 g/mol. The van der Waals surface area contributed by atoms with Crippen molar-refractivity contribution in [1.82, 2.24) is 21.3 Å². The van der Waals surface area contributed by atoms with Crippen molar-refractivity contribution in [3.8, 4) is 0 Å². The first-order chi connectivity index (χ1) is 40.5. The molecule has 15 unspecified atom stereocenters. The van der Waals surface area contributed by atoms with Crippen LogP contribution in [0, 0.1) is 11.8 Å². The van der Waals surface area contributed by atoms with E-state index in [-0.39, 0.29) is 195 Å². The first-order valence-corrected chi connectivity index (χ1v) is 29.0. The van der Waals surface area contributed by atoms with Crippen LogP contribution < -0.4 is 21.3 Å². The molecule has 0 aliphatic carbocycles. The lowest BCUT2D eigenvalue weighted by molar-refractivity contribution is -0.298. The fourth-order valence-electron chi connectivity index (χ4n) is 8.54. The number of aliphatic hydroxyl groups is 9. The Hall–Kier alpha value is -2.59. The second-order valence-electron chi connectivity index (χ2n) is 20.3. The third-order valence-corrected chi connectivity index (χ3v) is 13.9. The molecule has 0 spiro atoms. The van der Waals surface area contributed by atoms with Gasteiger partial charge in [-0.15, -0.1) is 0 Å². The molecule has 84 heavy (non-hydrogen) atoms. The number of ether oxygens (including phenoxy) is 15. The van der Waals surface area contributed by atoms with E-state index in [2.05, 4.69) is 21.3 Å². The van der Waals surface area contributed by atoms with E-state index in [1.165, 1.54) is 0 Å². The molecule has 494 valence electrons. The number of hydrogen-bond donors (Lipinski definition) is 13.